The van der Waals surface area contributed by atoms with Crippen molar-refractivity contribution >= 4 is 17.3 Å². The summed E-state index contributed by atoms with van der Waals surface area (Å²) in [6, 6.07) is 9.70. The third-order valence-corrected chi connectivity index (χ3v) is 4.27. The van der Waals surface area contributed by atoms with E-state index in [9.17, 15) is 9.59 Å². The Labute approximate surface area is 118 Å². The van der Waals surface area contributed by atoms with Gasteiger partial charge in [0.25, 0.3) is 0 Å². The number of ketones is 1. The van der Waals surface area contributed by atoms with Gasteiger partial charge in [-0.3, -0.25) is 4.79 Å². The van der Waals surface area contributed by atoms with Crippen LogP contribution in [0.15, 0.2) is 35.9 Å². The molecule has 0 amide bonds. The molecule has 0 bridgehead atoms. The van der Waals surface area contributed by atoms with E-state index in [0.29, 0.717) is 0 Å². The first-order chi connectivity index (χ1) is 9.64. The van der Waals surface area contributed by atoms with Gasteiger partial charge >= 0.3 is 5.97 Å². The lowest BCUT2D eigenvalue weighted by atomic mass is 9.76. The zero-order chi connectivity index (χ0) is 14.2. The molecule has 0 aromatic heterocycles. The van der Waals surface area contributed by atoms with E-state index in [4.69, 9.17) is 4.74 Å². The molecule has 20 heavy (non-hydrogen) atoms. The summed E-state index contributed by atoms with van der Waals surface area (Å²) >= 11 is 0. The first-order valence-electron chi connectivity index (χ1n) is 7.18. The van der Waals surface area contributed by atoms with Crippen molar-refractivity contribution in [1.29, 1.82) is 0 Å². The highest BCUT2D eigenvalue weighted by atomic mass is 16.6. The van der Waals surface area contributed by atoms with E-state index < -0.39 is 11.6 Å². The van der Waals surface area contributed by atoms with Gasteiger partial charge in [-0.05, 0) is 38.2 Å². The highest BCUT2D eigenvalue weighted by molar-refractivity contribution is 6.25. The molecule has 1 aliphatic heterocycles. The fourth-order valence-electron chi connectivity index (χ4n) is 3.42. The van der Waals surface area contributed by atoms with E-state index in [2.05, 4.69) is 0 Å². The van der Waals surface area contributed by atoms with Crippen molar-refractivity contribution in [2.75, 3.05) is 0 Å². The summed E-state index contributed by atoms with van der Waals surface area (Å²) in [5, 5.41) is 0. The van der Waals surface area contributed by atoms with Crippen molar-refractivity contribution in [2.45, 2.75) is 44.6 Å². The van der Waals surface area contributed by atoms with Crippen LogP contribution in [0.2, 0.25) is 0 Å². The van der Waals surface area contributed by atoms with E-state index in [1.54, 1.807) is 0 Å². The molecule has 3 rings (SSSR count). The minimum absolute atomic E-state index is 0.198. The molecule has 1 aliphatic carbocycles. The Balaban J connectivity index is 2.18. The highest BCUT2D eigenvalue weighted by Gasteiger charge is 2.49. The quantitative estimate of drug-likeness (QED) is 0.612. The zero-order valence-electron chi connectivity index (χ0n) is 11.6. The summed E-state index contributed by atoms with van der Waals surface area (Å²) in [5.74, 6) is -0.644. The molecule has 1 fully saturated rings. The van der Waals surface area contributed by atoms with Crippen LogP contribution in [0.4, 0.5) is 0 Å². The van der Waals surface area contributed by atoms with Crippen molar-refractivity contribution in [3.8, 4) is 0 Å². The van der Waals surface area contributed by atoms with Crippen molar-refractivity contribution in [2.24, 2.45) is 0 Å². The fraction of sp³-hybridized carbons (Fsp3) is 0.412. The lowest BCUT2D eigenvalue weighted by Gasteiger charge is -2.34. The Kier molecular flexibility index (Phi) is 3.20. The van der Waals surface area contributed by atoms with Crippen molar-refractivity contribution in [3.63, 3.8) is 0 Å². The molecule has 3 nitrogen and oxygen atoms in total. The van der Waals surface area contributed by atoms with Crippen LogP contribution in [-0.2, 0) is 14.3 Å². The summed E-state index contributed by atoms with van der Waals surface area (Å²) in [7, 11) is 0. The van der Waals surface area contributed by atoms with Gasteiger partial charge in [0.1, 0.15) is 11.2 Å². The number of benzene rings is 1. The van der Waals surface area contributed by atoms with E-state index in [-0.39, 0.29) is 11.4 Å². The second kappa shape index (κ2) is 4.89. The van der Waals surface area contributed by atoms with Gasteiger partial charge in [-0.1, -0.05) is 36.8 Å². The van der Waals surface area contributed by atoms with Gasteiger partial charge in [-0.25, -0.2) is 4.79 Å². The van der Waals surface area contributed by atoms with Gasteiger partial charge in [0, 0.05) is 5.57 Å². The summed E-state index contributed by atoms with van der Waals surface area (Å²) < 4.78 is 5.70. The molecule has 1 aromatic carbocycles. The van der Waals surface area contributed by atoms with Crippen LogP contribution in [0.5, 0.6) is 0 Å². The van der Waals surface area contributed by atoms with E-state index in [1.165, 1.54) is 6.92 Å². The number of Topliss-reactive ketones (excluding diaryl/α,β-unsaturated/α-hetero) is 1. The van der Waals surface area contributed by atoms with Gasteiger partial charge in [0.2, 0.25) is 0 Å². The first kappa shape index (κ1) is 13.1. The summed E-state index contributed by atoms with van der Waals surface area (Å²) in [6.45, 7) is 1.45. The molecule has 1 spiro atoms. The van der Waals surface area contributed by atoms with Crippen LogP contribution in [0.25, 0.3) is 5.57 Å². The van der Waals surface area contributed by atoms with E-state index >= 15 is 0 Å². The second-order valence-electron chi connectivity index (χ2n) is 5.62. The maximum Gasteiger partial charge on any atom is 0.343 e. The third-order valence-electron chi connectivity index (χ3n) is 4.27. The van der Waals surface area contributed by atoms with Crippen LogP contribution >= 0.6 is 0 Å². The maximum atomic E-state index is 12.2. The fourth-order valence-corrected chi connectivity index (χ4v) is 3.42. The predicted octanol–water partition coefficient (Wildman–Crippen LogP) is 3.29. The SMILES string of the molecule is CC(=O)C1=C(c2ccccc2)C2(CCCCC2)OC1=O. The molecule has 1 saturated carbocycles. The van der Waals surface area contributed by atoms with Crippen molar-refractivity contribution in [3.05, 3.63) is 41.5 Å². The number of carbonyl (C=O) groups excluding carboxylic acids is 2. The number of ether oxygens (including phenoxy) is 1. The number of hydrogen-bond donors (Lipinski definition) is 0. The maximum absolute atomic E-state index is 12.2. The van der Waals surface area contributed by atoms with Crippen molar-refractivity contribution < 1.29 is 14.3 Å². The molecule has 2 aliphatic rings. The second-order valence-corrected chi connectivity index (χ2v) is 5.62. The van der Waals surface area contributed by atoms with Gasteiger partial charge < -0.3 is 4.74 Å². The molecule has 0 saturated heterocycles. The van der Waals surface area contributed by atoms with E-state index in [0.717, 1.165) is 43.2 Å². The van der Waals surface area contributed by atoms with Gasteiger partial charge in [-0.15, -0.1) is 0 Å². The minimum Gasteiger partial charge on any atom is -0.450 e. The van der Waals surface area contributed by atoms with E-state index in [1.807, 2.05) is 30.3 Å². The lowest BCUT2D eigenvalue weighted by molar-refractivity contribution is -0.148. The van der Waals surface area contributed by atoms with Crippen LogP contribution in [0.1, 0.15) is 44.6 Å². The number of carbonyl (C=O) groups is 2. The molecule has 0 atom stereocenters. The number of rotatable bonds is 2. The number of hydrogen-bond acceptors (Lipinski definition) is 3. The standard InChI is InChI=1S/C17H18O3/c1-12(18)14-15(13-8-4-2-5-9-13)17(20-16(14)19)10-6-3-7-11-17/h2,4-5,8-9H,3,6-7,10-11H2,1H3. The molecule has 1 aromatic rings. The average molecular weight is 270 g/mol. The predicted molar refractivity (Wildman–Crippen MR) is 76.0 cm³/mol. The van der Waals surface area contributed by atoms with Crippen LogP contribution in [-0.4, -0.2) is 17.4 Å². The monoisotopic (exact) mass is 270 g/mol. The van der Waals surface area contributed by atoms with Crippen molar-refractivity contribution in [1.82, 2.24) is 0 Å². The highest BCUT2D eigenvalue weighted by Crippen LogP contribution is 2.48. The number of esters is 1. The summed E-state index contributed by atoms with van der Waals surface area (Å²) in [5.41, 5.74) is 1.43. The molecule has 3 heteroatoms. The normalized spacial score (nSPS) is 21.1. The van der Waals surface area contributed by atoms with Gasteiger partial charge in [0.15, 0.2) is 5.78 Å². The molecule has 0 unspecified atom stereocenters. The summed E-state index contributed by atoms with van der Waals surface area (Å²) in [6.07, 6.45) is 4.87. The molecule has 0 N–H and O–H groups in total. The zero-order valence-corrected chi connectivity index (χ0v) is 11.6. The van der Waals surface area contributed by atoms with Crippen LogP contribution < -0.4 is 0 Å². The Morgan fingerprint density at radius 3 is 2.35 bits per heavy atom. The Hall–Kier alpha value is -1.90. The average Bonchev–Trinajstić information content (AvgIpc) is 2.73. The van der Waals surface area contributed by atoms with Gasteiger partial charge in [-0.2, -0.15) is 0 Å². The summed E-state index contributed by atoms with van der Waals surface area (Å²) in [4.78, 5) is 24.1. The third kappa shape index (κ3) is 1.98. The minimum atomic E-state index is -0.572. The molecule has 104 valence electrons. The smallest absolute Gasteiger partial charge is 0.343 e. The Morgan fingerprint density at radius 2 is 1.75 bits per heavy atom. The molecule has 0 radical (unpaired) electrons. The first-order valence-corrected chi connectivity index (χ1v) is 7.18. The lowest BCUT2D eigenvalue weighted by Crippen LogP contribution is -2.33. The molecule has 1 heterocycles. The van der Waals surface area contributed by atoms with Gasteiger partial charge in [0.05, 0.1) is 0 Å². The topological polar surface area (TPSA) is 43.4 Å². The van der Waals surface area contributed by atoms with Crippen LogP contribution in [0.3, 0.4) is 0 Å². The van der Waals surface area contributed by atoms with Crippen LogP contribution in [0, 0.1) is 0 Å². The molecular formula is C17H18O3. The Bertz CT molecular complexity index is 578. The molecular weight excluding hydrogens is 252 g/mol. The Morgan fingerprint density at radius 1 is 1.10 bits per heavy atom. The largest absolute Gasteiger partial charge is 0.450 e.